The van der Waals surface area contributed by atoms with E-state index >= 15 is 0 Å². The predicted molar refractivity (Wildman–Crippen MR) is 123 cm³/mol. The molecule has 0 spiro atoms. The van der Waals surface area contributed by atoms with Gasteiger partial charge in [-0.05, 0) is 62.7 Å². The highest BCUT2D eigenvalue weighted by Gasteiger charge is 2.35. The highest BCUT2D eigenvalue weighted by atomic mass is 35.5. The largest absolute Gasteiger partial charge is 0.382 e. The lowest BCUT2D eigenvalue weighted by Crippen LogP contribution is -2.48. The zero-order valence-corrected chi connectivity index (χ0v) is 19.3. The van der Waals surface area contributed by atoms with E-state index in [1.165, 1.54) is 29.0 Å². The normalized spacial score (nSPS) is 17.4. The van der Waals surface area contributed by atoms with E-state index in [9.17, 15) is 13.9 Å². The Morgan fingerprint density at radius 3 is 2.64 bits per heavy atom. The summed E-state index contributed by atoms with van der Waals surface area (Å²) in [5, 5.41) is 16.3. The maximum atomic E-state index is 14.6. The van der Waals surface area contributed by atoms with E-state index in [2.05, 4.69) is 21.0 Å². The van der Waals surface area contributed by atoms with Crippen LogP contribution >= 0.6 is 11.6 Å². The molecule has 6 nitrogen and oxygen atoms in total. The van der Waals surface area contributed by atoms with Crippen molar-refractivity contribution in [2.24, 2.45) is 0 Å². The standard InChI is InChI=1S/C24H28ClF2N5O/c1-30(17-31-9-7-18(8-10-31)19-3-2-4-20(25)11-19)13-24(33,14-32-16-28-15-29-32)22-6-5-21(26)12-23(22)27/h2-6,11-12,15-16,18,33H,7-10,13-14,17H2,1H3. The van der Waals surface area contributed by atoms with Crippen LogP contribution in [-0.4, -0.2) is 63.0 Å². The number of nitrogens with zero attached hydrogens (tertiary/aromatic N) is 5. The molecule has 0 aliphatic carbocycles. The third-order valence-electron chi connectivity index (χ3n) is 6.20. The fourth-order valence-electron chi connectivity index (χ4n) is 4.68. The molecule has 0 saturated carbocycles. The number of aromatic nitrogens is 3. The number of hydrogen-bond donors (Lipinski definition) is 1. The molecule has 0 amide bonds. The van der Waals surface area contributed by atoms with Crippen molar-refractivity contribution in [3.8, 4) is 0 Å². The minimum atomic E-state index is -1.61. The number of hydrogen-bond acceptors (Lipinski definition) is 5. The molecule has 1 aromatic heterocycles. The first-order valence-corrected chi connectivity index (χ1v) is 11.4. The zero-order chi connectivity index (χ0) is 23.4. The van der Waals surface area contributed by atoms with Gasteiger partial charge in [0.15, 0.2) is 0 Å². The first-order valence-electron chi connectivity index (χ1n) is 11.0. The lowest BCUT2D eigenvalue weighted by atomic mass is 9.89. The molecule has 1 unspecified atom stereocenters. The first-order chi connectivity index (χ1) is 15.8. The summed E-state index contributed by atoms with van der Waals surface area (Å²) in [7, 11) is 1.89. The molecule has 2 aromatic carbocycles. The molecule has 1 aliphatic heterocycles. The van der Waals surface area contributed by atoms with Gasteiger partial charge in [0.25, 0.3) is 0 Å². The van der Waals surface area contributed by atoms with Crippen LogP contribution < -0.4 is 0 Å². The van der Waals surface area contributed by atoms with Crippen molar-refractivity contribution in [3.05, 3.63) is 82.9 Å². The van der Waals surface area contributed by atoms with Crippen LogP contribution in [-0.2, 0) is 12.1 Å². The monoisotopic (exact) mass is 475 g/mol. The summed E-state index contributed by atoms with van der Waals surface area (Å²) in [6, 6.07) is 11.3. The van der Waals surface area contributed by atoms with Crippen LogP contribution in [0.15, 0.2) is 55.1 Å². The van der Waals surface area contributed by atoms with Gasteiger partial charge < -0.3 is 5.11 Å². The second kappa shape index (κ2) is 10.3. The summed E-state index contributed by atoms with van der Waals surface area (Å²) in [4.78, 5) is 8.18. The molecule has 1 saturated heterocycles. The number of likely N-dealkylation sites (tertiary alicyclic amines) is 1. The van der Waals surface area contributed by atoms with Gasteiger partial charge in [-0.15, -0.1) is 0 Å². The molecule has 33 heavy (non-hydrogen) atoms. The van der Waals surface area contributed by atoms with Crippen molar-refractivity contribution in [1.82, 2.24) is 24.6 Å². The van der Waals surface area contributed by atoms with Gasteiger partial charge in [0.1, 0.15) is 29.9 Å². The Bertz CT molecular complexity index is 1060. The van der Waals surface area contributed by atoms with Crippen molar-refractivity contribution >= 4 is 11.6 Å². The first kappa shape index (κ1) is 23.8. The van der Waals surface area contributed by atoms with Gasteiger partial charge in [-0.1, -0.05) is 29.8 Å². The van der Waals surface area contributed by atoms with E-state index in [1.807, 2.05) is 30.1 Å². The summed E-state index contributed by atoms with van der Waals surface area (Å²) < 4.78 is 29.6. The molecule has 9 heteroatoms. The SMILES string of the molecule is CN(CN1CCC(c2cccc(Cl)c2)CC1)CC(O)(Cn1cncn1)c1ccc(F)cc1F. The molecule has 1 aliphatic rings. The summed E-state index contributed by atoms with van der Waals surface area (Å²) in [6.45, 7) is 2.58. The van der Waals surface area contributed by atoms with E-state index in [4.69, 9.17) is 11.6 Å². The van der Waals surface area contributed by atoms with Gasteiger partial charge in [0, 0.05) is 23.2 Å². The molecule has 2 heterocycles. The number of benzene rings is 2. The van der Waals surface area contributed by atoms with Gasteiger partial charge in [0.05, 0.1) is 13.2 Å². The van der Waals surface area contributed by atoms with Crippen molar-refractivity contribution in [3.63, 3.8) is 0 Å². The van der Waals surface area contributed by atoms with Crippen LogP contribution in [0.1, 0.15) is 29.9 Å². The Morgan fingerprint density at radius 1 is 1.18 bits per heavy atom. The molecular weight excluding hydrogens is 448 g/mol. The van der Waals surface area contributed by atoms with E-state index in [0.717, 1.165) is 43.1 Å². The maximum absolute atomic E-state index is 14.6. The second-order valence-electron chi connectivity index (χ2n) is 8.85. The highest BCUT2D eigenvalue weighted by Crippen LogP contribution is 2.31. The zero-order valence-electron chi connectivity index (χ0n) is 18.5. The van der Waals surface area contributed by atoms with Gasteiger partial charge in [-0.2, -0.15) is 5.10 Å². The molecule has 1 fully saturated rings. The maximum Gasteiger partial charge on any atom is 0.137 e. The van der Waals surface area contributed by atoms with Gasteiger partial charge in [-0.25, -0.2) is 18.4 Å². The summed E-state index contributed by atoms with van der Waals surface area (Å²) >= 11 is 6.15. The molecule has 176 valence electrons. The summed E-state index contributed by atoms with van der Waals surface area (Å²) in [5.41, 5.74) is -0.310. The van der Waals surface area contributed by atoms with Gasteiger partial charge >= 0.3 is 0 Å². The van der Waals surface area contributed by atoms with Crippen LogP contribution in [0.2, 0.25) is 5.02 Å². The Balaban J connectivity index is 1.41. The van der Waals surface area contributed by atoms with Crippen LogP contribution in [0.5, 0.6) is 0 Å². The summed E-state index contributed by atoms with van der Waals surface area (Å²) in [6.07, 6.45) is 4.86. The van der Waals surface area contributed by atoms with Crippen LogP contribution in [0.3, 0.4) is 0 Å². The average Bonchev–Trinajstić information content (AvgIpc) is 3.26. The van der Waals surface area contributed by atoms with Crippen LogP contribution in [0.4, 0.5) is 8.78 Å². The van der Waals surface area contributed by atoms with Crippen molar-refractivity contribution in [2.75, 3.05) is 33.4 Å². The van der Waals surface area contributed by atoms with E-state index < -0.39 is 17.2 Å². The van der Waals surface area contributed by atoms with Crippen LogP contribution in [0, 0.1) is 11.6 Å². The molecule has 0 radical (unpaired) electrons. The molecule has 1 N–H and O–H groups in total. The fraction of sp³-hybridized carbons (Fsp3) is 0.417. The minimum absolute atomic E-state index is 0.00324. The second-order valence-corrected chi connectivity index (χ2v) is 9.29. The number of halogens is 3. The minimum Gasteiger partial charge on any atom is -0.382 e. The molecule has 3 aromatic rings. The molecule has 0 bridgehead atoms. The van der Waals surface area contributed by atoms with Crippen molar-refractivity contribution < 1.29 is 13.9 Å². The summed E-state index contributed by atoms with van der Waals surface area (Å²) in [5.74, 6) is -0.994. The number of rotatable bonds is 8. The van der Waals surface area contributed by atoms with Crippen molar-refractivity contribution in [1.29, 1.82) is 0 Å². The lowest BCUT2D eigenvalue weighted by molar-refractivity contribution is -0.0285. The predicted octanol–water partition coefficient (Wildman–Crippen LogP) is 3.87. The topological polar surface area (TPSA) is 57.4 Å². The molecule has 4 rings (SSSR count). The van der Waals surface area contributed by atoms with E-state index in [-0.39, 0.29) is 18.7 Å². The molecular formula is C24H28ClF2N5O. The van der Waals surface area contributed by atoms with Crippen LogP contribution in [0.25, 0.3) is 0 Å². The quantitative estimate of drug-likeness (QED) is 0.536. The smallest absolute Gasteiger partial charge is 0.137 e. The number of likely N-dealkylation sites (N-methyl/N-ethyl adjacent to an activating group) is 1. The van der Waals surface area contributed by atoms with E-state index in [0.29, 0.717) is 12.6 Å². The van der Waals surface area contributed by atoms with Gasteiger partial charge in [0.2, 0.25) is 0 Å². The van der Waals surface area contributed by atoms with E-state index in [1.54, 1.807) is 0 Å². The average molecular weight is 476 g/mol. The Hall–Kier alpha value is -2.39. The number of piperidine rings is 1. The molecule has 1 atom stereocenters. The fourth-order valence-corrected chi connectivity index (χ4v) is 4.87. The lowest BCUT2D eigenvalue weighted by Gasteiger charge is -2.38. The Morgan fingerprint density at radius 2 is 1.97 bits per heavy atom. The number of aliphatic hydroxyl groups is 1. The Kier molecular flexibility index (Phi) is 7.38. The third-order valence-corrected chi connectivity index (χ3v) is 6.44. The third kappa shape index (κ3) is 5.95. The van der Waals surface area contributed by atoms with Crippen molar-refractivity contribution in [2.45, 2.75) is 30.9 Å². The Labute approximate surface area is 197 Å². The van der Waals surface area contributed by atoms with Gasteiger partial charge in [-0.3, -0.25) is 9.80 Å². The highest BCUT2D eigenvalue weighted by molar-refractivity contribution is 6.30.